The van der Waals surface area contributed by atoms with Gasteiger partial charge in [0.05, 0.1) is 12.3 Å². The van der Waals surface area contributed by atoms with Gasteiger partial charge in [-0.05, 0) is 74.1 Å². The molecule has 0 atom stereocenters. The molecule has 0 saturated carbocycles. The molecule has 0 aliphatic rings. The summed E-state index contributed by atoms with van der Waals surface area (Å²) in [5, 5.41) is 1.26. The molecule has 5 aromatic rings. The van der Waals surface area contributed by atoms with Gasteiger partial charge in [0.25, 0.3) is 5.56 Å². The maximum absolute atomic E-state index is 13.9. The summed E-state index contributed by atoms with van der Waals surface area (Å²) in [6.07, 6.45) is 0. The van der Waals surface area contributed by atoms with Crippen LogP contribution in [0.4, 0.5) is 0 Å². The zero-order valence-corrected chi connectivity index (χ0v) is 22.8. The Morgan fingerprint density at radius 1 is 1.00 bits per heavy atom. The van der Waals surface area contributed by atoms with Gasteiger partial charge in [-0.2, -0.15) is 0 Å². The van der Waals surface area contributed by atoms with E-state index in [0.717, 1.165) is 28.3 Å². The first-order chi connectivity index (χ1) is 17.5. The van der Waals surface area contributed by atoms with Crippen LogP contribution in [-0.2, 0) is 5.75 Å². The van der Waals surface area contributed by atoms with E-state index in [0.29, 0.717) is 36.8 Å². The zero-order valence-electron chi connectivity index (χ0n) is 19.6. The van der Waals surface area contributed by atoms with Crippen LogP contribution < -0.4 is 10.3 Å². The van der Waals surface area contributed by atoms with Crippen molar-refractivity contribution in [2.24, 2.45) is 0 Å². The molecule has 36 heavy (non-hydrogen) atoms. The SMILES string of the molecule is CCOc1ccc(-n2c(=S)sc3c(=O)n(-c4ccc(C)cc4)c(SCc4ccccc4Cl)nc32)cc1. The Kier molecular flexibility index (Phi) is 7.29. The predicted octanol–water partition coefficient (Wildman–Crippen LogP) is 7.62. The van der Waals surface area contributed by atoms with E-state index in [4.69, 9.17) is 33.5 Å². The molecular weight excluding hydrogens is 530 g/mol. The first kappa shape index (κ1) is 24.8. The van der Waals surface area contributed by atoms with Crippen LogP contribution in [0.2, 0.25) is 5.02 Å². The van der Waals surface area contributed by atoms with Crippen molar-refractivity contribution in [1.82, 2.24) is 14.1 Å². The number of aromatic nitrogens is 3. The van der Waals surface area contributed by atoms with Crippen molar-refractivity contribution in [3.8, 4) is 17.1 Å². The van der Waals surface area contributed by atoms with Gasteiger partial charge in [0.1, 0.15) is 10.4 Å². The first-order valence-electron chi connectivity index (χ1n) is 11.3. The van der Waals surface area contributed by atoms with Gasteiger partial charge in [0.15, 0.2) is 14.8 Å². The molecule has 0 fully saturated rings. The normalized spacial score (nSPS) is 11.2. The zero-order chi connectivity index (χ0) is 25.2. The van der Waals surface area contributed by atoms with Crippen molar-refractivity contribution in [3.05, 3.63) is 103 Å². The monoisotopic (exact) mass is 551 g/mol. The van der Waals surface area contributed by atoms with Gasteiger partial charge >= 0.3 is 0 Å². The van der Waals surface area contributed by atoms with Crippen molar-refractivity contribution < 1.29 is 4.74 Å². The van der Waals surface area contributed by atoms with Crippen LogP contribution in [0.15, 0.2) is 82.7 Å². The molecule has 2 aromatic heterocycles. The van der Waals surface area contributed by atoms with Gasteiger partial charge < -0.3 is 4.74 Å². The highest BCUT2D eigenvalue weighted by atomic mass is 35.5. The average molecular weight is 552 g/mol. The van der Waals surface area contributed by atoms with E-state index in [-0.39, 0.29) is 5.56 Å². The molecular formula is C27H22ClN3O2S3. The van der Waals surface area contributed by atoms with E-state index in [1.807, 2.05) is 91.2 Å². The largest absolute Gasteiger partial charge is 0.494 e. The minimum absolute atomic E-state index is 0.147. The van der Waals surface area contributed by atoms with Gasteiger partial charge in [0.2, 0.25) is 0 Å². The molecule has 182 valence electrons. The van der Waals surface area contributed by atoms with E-state index in [9.17, 15) is 4.79 Å². The minimum Gasteiger partial charge on any atom is -0.494 e. The first-order valence-corrected chi connectivity index (χ1v) is 13.9. The summed E-state index contributed by atoms with van der Waals surface area (Å²) in [7, 11) is 0. The van der Waals surface area contributed by atoms with Crippen molar-refractivity contribution in [2.75, 3.05) is 6.61 Å². The summed E-state index contributed by atoms with van der Waals surface area (Å²) in [5.74, 6) is 1.34. The molecule has 2 heterocycles. The molecule has 0 N–H and O–H groups in total. The lowest BCUT2D eigenvalue weighted by atomic mass is 10.2. The van der Waals surface area contributed by atoms with E-state index >= 15 is 0 Å². The number of fused-ring (bicyclic) bond motifs is 1. The number of benzene rings is 3. The second-order valence-corrected chi connectivity index (χ2v) is 11.0. The minimum atomic E-state index is -0.147. The van der Waals surface area contributed by atoms with Gasteiger partial charge in [0, 0.05) is 16.5 Å². The van der Waals surface area contributed by atoms with Crippen molar-refractivity contribution in [3.63, 3.8) is 0 Å². The fraction of sp³-hybridized carbons (Fsp3) is 0.148. The average Bonchev–Trinajstić information content (AvgIpc) is 3.21. The molecule has 5 nitrogen and oxygen atoms in total. The number of nitrogens with zero attached hydrogens (tertiary/aromatic N) is 3. The molecule has 3 aromatic carbocycles. The highest BCUT2D eigenvalue weighted by Crippen LogP contribution is 2.31. The number of aryl methyl sites for hydroxylation is 1. The van der Waals surface area contributed by atoms with E-state index in [2.05, 4.69) is 0 Å². The standard InChI is InChI=1S/C27H22ClN3O2S3/c1-3-33-21-14-12-19(13-15-21)30-24-23(36-27(30)34)25(32)31(20-10-8-17(2)9-11-20)26(29-24)35-16-18-6-4-5-7-22(18)28/h4-15H,3,16H2,1-2H3. The third-order valence-corrected chi connectivity index (χ3v) is 8.30. The Morgan fingerprint density at radius 2 is 1.67 bits per heavy atom. The molecule has 0 radical (unpaired) electrons. The van der Waals surface area contributed by atoms with Gasteiger partial charge in [-0.25, -0.2) is 4.98 Å². The molecule has 5 rings (SSSR count). The quantitative estimate of drug-likeness (QED) is 0.118. The third-order valence-electron chi connectivity index (χ3n) is 5.59. The Morgan fingerprint density at radius 3 is 2.36 bits per heavy atom. The van der Waals surface area contributed by atoms with Crippen LogP contribution in [-0.4, -0.2) is 20.7 Å². The van der Waals surface area contributed by atoms with Crippen LogP contribution >= 0.6 is 46.9 Å². The smallest absolute Gasteiger partial charge is 0.278 e. The topological polar surface area (TPSA) is 49.0 Å². The summed E-state index contributed by atoms with van der Waals surface area (Å²) in [5.41, 5.74) is 4.08. The Labute approximate surface area is 227 Å². The van der Waals surface area contributed by atoms with Gasteiger partial charge in [-0.3, -0.25) is 13.9 Å². The van der Waals surface area contributed by atoms with Crippen LogP contribution in [0.3, 0.4) is 0 Å². The number of hydrogen-bond acceptors (Lipinski definition) is 6. The van der Waals surface area contributed by atoms with E-state index in [1.54, 1.807) is 4.57 Å². The highest BCUT2D eigenvalue weighted by Gasteiger charge is 2.19. The lowest BCUT2D eigenvalue weighted by Gasteiger charge is -2.14. The van der Waals surface area contributed by atoms with Crippen LogP contribution in [0.25, 0.3) is 21.7 Å². The number of ether oxygens (including phenoxy) is 1. The number of hydrogen-bond donors (Lipinski definition) is 0. The van der Waals surface area contributed by atoms with Gasteiger partial charge in [-0.1, -0.05) is 70.6 Å². The fourth-order valence-corrected chi connectivity index (χ4v) is 6.39. The lowest BCUT2D eigenvalue weighted by Crippen LogP contribution is -2.21. The third kappa shape index (κ3) is 4.86. The molecule has 0 saturated heterocycles. The fourth-order valence-electron chi connectivity index (χ4n) is 3.80. The maximum atomic E-state index is 13.9. The molecule has 9 heteroatoms. The van der Waals surface area contributed by atoms with Crippen LogP contribution in [0, 0.1) is 10.9 Å². The summed E-state index contributed by atoms with van der Waals surface area (Å²) < 4.78 is 10.2. The van der Waals surface area contributed by atoms with Crippen molar-refractivity contribution >= 4 is 57.3 Å². The summed E-state index contributed by atoms with van der Waals surface area (Å²) in [4.78, 5) is 18.9. The van der Waals surface area contributed by atoms with Gasteiger partial charge in [-0.15, -0.1) is 0 Å². The second-order valence-electron chi connectivity index (χ2n) is 8.03. The van der Waals surface area contributed by atoms with Crippen molar-refractivity contribution in [1.29, 1.82) is 0 Å². The summed E-state index contributed by atoms with van der Waals surface area (Å²) in [6.45, 7) is 4.55. The number of halogens is 1. The summed E-state index contributed by atoms with van der Waals surface area (Å²) >= 11 is 14.8. The van der Waals surface area contributed by atoms with Crippen LogP contribution in [0.5, 0.6) is 5.75 Å². The number of thiazole rings is 1. The van der Waals surface area contributed by atoms with Crippen LogP contribution in [0.1, 0.15) is 18.1 Å². The molecule has 0 amide bonds. The maximum Gasteiger partial charge on any atom is 0.278 e. The van der Waals surface area contributed by atoms with E-state index < -0.39 is 0 Å². The Bertz CT molecular complexity index is 1660. The lowest BCUT2D eigenvalue weighted by molar-refractivity contribution is 0.340. The number of rotatable bonds is 7. The Hall–Kier alpha value is -2.91. The van der Waals surface area contributed by atoms with Crippen molar-refractivity contribution in [2.45, 2.75) is 24.8 Å². The second kappa shape index (κ2) is 10.6. The van der Waals surface area contributed by atoms with E-state index in [1.165, 1.54) is 23.1 Å². The molecule has 0 aliphatic carbocycles. The molecule has 0 spiro atoms. The molecule has 0 aliphatic heterocycles. The molecule has 0 unspecified atom stereocenters. The highest BCUT2D eigenvalue weighted by molar-refractivity contribution is 7.98. The molecule has 0 bridgehead atoms. The number of thioether (sulfide) groups is 1. The summed E-state index contributed by atoms with van der Waals surface area (Å²) in [6, 6.07) is 23.2. The Balaban J connectivity index is 1.68. The predicted molar refractivity (Wildman–Crippen MR) is 152 cm³/mol.